The predicted molar refractivity (Wildman–Crippen MR) is 76.9 cm³/mol. The number of halogens is 2. The SMILES string of the molecule is O=C(CSc1c(Cl)cccc1Cl)NC(=O)NC1CC1. The molecule has 0 radical (unpaired) electrons. The van der Waals surface area contributed by atoms with Crippen molar-refractivity contribution < 1.29 is 9.59 Å². The van der Waals surface area contributed by atoms with Gasteiger partial charge in [-0.15, -0.1) is 11.8 Å². The van der Waals surface area contributed by atoms with Crippen molar-refractivity contribution in [2.45, 2.75) is 23.8 Å². The van der Waals surface area contributed by atoms with Crippen LogP contribution in [0.3, 0.4) is 0 Å². The van der Waals surface area contributed by atoms with Crippen molar-refractivity contribution in [1.29, 1.82) is 0 Å². The first-order chi connectivity index (χ1) is 9.06. The van der Waals surface area contributed by atoms with Crippen LogP contribution in [-0.2, 0) is 4.79 Å². The lowest BCUT2D eigenvalue weighted by molar-refractivity contribution is -0.117. The van der Waals surface area contributed by atoms with Crippen molar-refractivity contribution in [3.05, 3.63) is 28.2 Å². The molecule has 0 spiro atoms. The van der Waals surface area contributed by atoms with Gasteiger partial charge in [-0.2, -0.15) is 0 Å². The van der Waals surface area contributed by atoms with Crippen LogP contribution in [0.25, 0.3) is 0 Å². The van der Waals surface area contributed by atoms with Crippen LogP contribution in [-0.4, -0.2) is 23.7 Å². The maximum absolute atomic E-state index is 11.6. The van der Waals surface area contributed by atoms with Gasteiger partial charge in [0.2, 0.25) is 5.91 Å². The second-order valence-electron chi connectivity index (χ2n) is 4.14. The molecule has 102 valence electrons. The maximum Gasteiger partial charge on any atom is 0.321 e. The van der Waals surface area contributed by atoms with Gasteiger partial charge in [0.05, 0.1) is 15.8 Å². The molecule has 0 unspecified atom stereocenters. The molecule has 0 bridgehead atoms. The fourth-order valence-electron chi connectivity index (χ4n) is 1.37. The first-order valence-corrected chi connectivity index (χ1v) is 7.47. The number of nitrogens with one attached hydrogen (secondary N) is 2. The van der Waals surface area contributed by atoms with Gasteiger partial charge in [0.15, 0.2) is 0 Å². The van der Waals surface area contributed by atoms with Crippen LogP contribution < -0.4 is 10.6 Å². The van der Waals surface area contributed by atoms with Crippen molar-refractivity contribution in [2.75, 3.05) is 5.75 Å². The first-order valence-electron chi connectivity index (χ1n) is 5.73. The number of amides is 3. The summed E-state index contributed by atoms with van der Waals surface area (Å²) in [5, 5.41) is 5.92. The van der Waals surface area contributed by atoms with Crippen LogP contribution >= 0.6 is 35.0 Å². The molecule has 1 saturated carbocycles. The zero-order chi connectivity index (χ0) is 13.8. The molecule has 2 N–H and O–H groups in total. The fraction of sp³-hybridized carbons (Fsp3) is 0.333. The molecule has 1 aromatic carbocycles. The Labute approximate surface area is 125 Å². The van der Waals surface area contributed by atoms with E-state index in [4.69, 9.17) is 23.2 Å². The monoisotopic (exact) mass is 318 g/mol. The minimum absolute atomic E-state index is 0.0849. The van der Waals surface area contributed by atoms with E-state index in [1.807, 2.05) is 0 Å². The Balaban J connectivity index is 1.80. The minimum Gasteiger partial charge on any atom is -0.335 e. The molecule has 0 aromatic heterocycles. The topological polar surface area (TPSA) is 58.2 Å². The van der Waals surface area contributed by atoms with Crippen molar-refractivity contribution in [3.63, 3.8) is 0 Å². The summed E-state index contributed by atoms with van der Waals surface area (Å²) in [5.41, 5.74) is 0. The van der Waals surface area contributed by atoms with E-state index >= 15 is 0 Å². The van der Waals surface area contributed by atoms with Crippen molar-refractivity contribution in [1.82, 2.24) is 10.6 Å². The average Bonchev–Trinajstić information content (AvgIpc) is 3.12. The first kappa shape index (κ1) is 14.5. The highest BCUT2D eigenvalue weighted by molar-refractivity contribution is 8.00. The Morgan fingerprint density at radius 2 is 1.89 bits per heavy atom. The van der Waals surface area contributed by atoms with E-state index in [9.17, 15) is 9.59 Å². The molecule has 1 aliphatic carbocycles. The molecule has 0 saturated heterocycles. The van der Waals surface area contributed by atoms with Crippen molar-refractivity contribution in [2.24, 2.45) is 0 Å². The molecular weight excluding hydrogens is 307 g/mol. The molecule has 7 heteroatoms. The maximum atomic E-state index is 11.6. The number of rotatable bonds is 4. The lowest BCUT2D eigenvalue weighted by Gasteiger charge is -2.07. The third kappa shape index (κ3) is 4.60. The molecule has 1 aromatic rings. The zero-order valence-electron chi connectivity index (χ0n) is 9.91. The minimum atomic E-state index is -0.446. The molecule has 1 fully saturated rings. The Hall–Kier alpha value is -0.910. The van der Waals surface area contributed by atoms with E-state index in [0.717, 1.165) is 12.8 Å². The number of hydrogen-bond donors (Lipinski definition) is 2. The second-order valence-corrected chi connectivity index (χ2v) is 5.94. The number of imide groups is 1. The summed E-state index contributed by atoms with van der Waals surface area (Å²) < 4.78 is 0. The van der Waals surface area contributed by atoms with Gasteiger partial charge >= 0.3 is 6.03 Å². The smallest absolute Gasteiger partial charge is 0.321 e. The molecule has 19 heavy (non-hydrogen) atoms. The average molecular weight is 319 g/mol. The van der Waals surface area contributed by atoms with Crippen LogP contribution in [0.5, 0.6) is 0 Å². The van der Waals surface area contributed by atoms with E-state index in [1.165, 1.54) is 11.8 Å². The Morgan fingerprint density at radius 1 is 1.26 bits per heavy atom. The zero-order valence-corrected chi connectivity index (χ0v) is 12.2. The van der Waals surface area contributed by atoms with E-state index in [0.29, 0.717) is 14.9 Å². The summed E-state index contributed by atoms with van der Waals surface area (Å²) in [6.07, 6.45) is 1.96. The number of urea groups is 1. The molecular formula is C12H12Cl2N2O2S. The lowest BCUT2D eigenvalue weighted by Crippen LogP contribution is -2.41. The standard InChI is InChI=1S/C12H12Cl2N2O2S/c13-8-2-1-3-9(14)11(8)19-6-10(17)16-12(18)15-7-4-5-7/h1-3,7H,4-6H2,(H2,15,16,17,18). The van der Waals surface area contributed by atoms with E-state index in [2.05, 4.69) is 10.6 Å². The van der Waals surface area contributed by atoms with E-state index < -0.39 is 6.03 Å². The molecule has 0 heterocycles. The fourth-order valence-corrected chi connectivity index (χ4v) is 2.85. The van der Waals surface area contributed by atoms with E-state index in [-0.39, 0.29) is 17.7 Å². The largest absolute Gasteiger partial charge is 0.335 e. The third-order valence-corrected chi connectivity index (χ3v) is 4.42. The highest BCUT2D eigenvalue weighted by Crippen LogP contribution is 2.33. The normalized spacial score (nSPS) is 14.0. The quantitative estimate of drug-likeness (QED) is 0.839. The summed E-state index contributed by atoms with van der Waals surface area (Å²) in [5.74, 6) is -0.291. The molecule has 0 aliphatic heterocycles. The molecule has 0 atom stereocenters. The summed E-state index contributed by atoms with van der Waals surface area (Å²) in [6.45, 7) is 0. The van der Waals surface area contributed by atoms with Crippen LogP contribution in [0.1, 0.15) is 12.8 Å². The van der Waals surface area contributed by atoms with Gasteiger partial charge < -0.3 is 5.32 Å². The van der Waals surface area contributed by atoms with Gasteiger partial charge in [-0.1, -0.05) is 29.3 Å². The highest BCUT2D eigenvalue weighted by atomic mass is 35.5. The van der Waals surface area contributed by atoms with Gasteiger partial charge in [-0.3, -0.25) is 10.1 Å². The second kappa shape index (κ2) is 6.50. The molecule has 1 aliphatic rings. The number of carbonyl (C=O) groups excluding carboxylic acids is 2. The number of carbonyl (C=O) groups is 2. The lowest BCUT2D eigenvalue weighted by atomic mass is 10.4. The summed E-state index contributed by atoms with van der Waals surface area (Å²) in [4.78, 5) is 23.6. The van der Waals surface area contributed by atoms with Crippen LogP contribution in [0, 0.1) is 0 Å². The molecule has 4 nitrogen and oxygen atoms in total. The van der Waals surface area contributed by atoms with Gasteiger partial charge in [0.25, 0.3) is 0 Å². The Bertz CT molecular complexity index is 486. The van der Waals surface area contributed by atoms with Crippen molar-refractivity contribution >= 4 is 46.9 Å². The molecule has 3 amide bonds. The summed E-state index contributed by atoms with van der Waals surface area (Å²) >= 11 is 13.2. The van der Waals surface area contributed by atoms with Gasteiger partial charge in [-0.25, -0.2) is 4.79 Å². The van der Waals surface area contributed by atoms with Gasteiger partial charge in [-0.05, 0) is 25.0 Å². The van der Waals surface area contributed by atoms with Gasteiger partial charge in [0, 0.05) is 10.9 Å². The predicted octanol–water partition coefficient (Wildman–Crippen LogP) is 3.07. The number of benzene rings is 1. The number of thioether (sulfide) groups is 1. The highest BCUT2D eigenvalue weighted by Gasteiger charge is 2.23. The number of hydrogen-bond acceptors (Lipinski definition) is 3. The Morgan fingerprint density at radius 3 is 2.47 bits per heavy atom. The molecule has 2 rings (SSSR count). The summed E-state index contributed by atoms with van der Waals surface area (Å²) in [6, 6.07) is 4.91. The van der Waals surface area contributed by atoms with Crippen LogP contribution in [0.15, 0.2) is 23.1 Å². The van der Waals surface area contributed by atoms with Gasteiger partial charge in [0.1, 0.15) is 0 Å². The summed E-state index contributed by atoms with van der Waals surface area (Å²) in [7, 11) is 0. The van der Waals surface area contributed by atoms with Crippen LogP contribution in [0.2, 0.25) is 10.0 Å². The Kier molecular flexibility index (Phi) is 4.96. The third-order valence-electron chi connectivity index (χ3n) is 2.43. The van der Waals surface area contributed by atoms with Crippen molar-refractivity contribution in [3.8, 4) is 0 Å². The van der Waals surface area contributed by atoms with Crippen LogP contribution in [0.4, 0.5) is 4.79 Å². The van der Waals surface area contributed by atoms with E-state index in [1.54, 1.807) is 18.2 Å².